The van der Waals surface area contributed by atoms with Crippen LogP contribution in [0.5, 0.6) is 0 Å². The van der Waals surface area contributed by atoms with Crippen LogP contribution in [0.3, 0.4) is 0 Å². The molecule has 0 saturated carbocycles. The predicted octanol–water partition coefficient (Wildman–Crippen LogP) is 2.87. The van der Waals surface area contributed by atoms with Crippen molar-refractivity contribution in [2.24, 2.45) is 5.18 Å². The third-order valence-corrected chi connectivity index (χ3v) is 2.59. The van der Waals surface area contributed by atoms with Crippen LogP contribution >= 0.6 is 0 Å². The molecule has 1 rings (SSSR count). The van der Waals surface area contributed by atoms with Gasteiger partial charge in [-0.05, 0) is 42.8 Å². The van der Waals surface area contributed by atoms with Gasteiger partial charge >= 0.3 is 0 Å². The Morgan fingerprint density at radius 1 is 1.44 bits per heavy atom. The Labute approximate surface area is 96.2 Å². The van der Waals surface area contributed by atoms with Crippen LogP contribution in [0.2, 0.25) is 0 Å². The topological polar surface area (TPSA) is 41.9 Å². The molecule has 0 radical (unpaired) electrons. The quantitative estimate of drug-likeness (QED) is 0.695. The van der Waals surface area contributed by atoms with Gasteiger partial charge in [0.25, 0.3) is 0 Å². The molecule has 0 aliphatic rings. The summed E-state index contributed by atoms with van der Waals surface area (Å²) in [5.74, 6) is 0. The number of benzene rings is 1. The van der Waals surface area contributed by atoms with Gasteiger partial charge in [0.15, 0.2) is 0 Å². The molecule has 4 heteroatoms. The van der Waals surface area contributed by atoms with E-state index in [0.717, 1.165) is 24.3 Å². The Kier molecular flexibility index (Phi) is 4.92. The van der Waals surface area contributed by atoms with E-state index in [4.69, 9.17) is 4.74 Å². The van der Waals surface area contributed by atoms with Crippen LogP contribution < -0.4 is 4.90 Å². The molecule has 0 heterocycles. The molecule has 0 atom stereocenters. The summed E-state index contributed by atoms with van der Waals surface area (Å²) < 4.78 is 5.06. The zero-order chi connectivity index (χ0) is 12.0. The minimum Gasteiger partial charge on any atom is -0.383 e. The average molecular weight is 222 g/mol. The molecule has 88 valence electrons. The molecule has 1 aromatic carbocycles. The first-order chi connectivity index (χ1) is 7.72. The maximum atomic E-state index is 10.5. The lowest BCUT2D eigenvalue weighted by Crippen LogP contribution is -2.26. The van der Waals surface area contributed by atoms with Crippen molar-refractivity contribution >= 4 is 11.4 Å². The van der Waals surface area contributed by atoms with E-state index in [1.165, 1.54) is 0 Å². The second-order valence-electron chi connectivity index (χ2n) is 3.63. The summed E-state index contributed by atoms with van der Waals surface area (Å²) in [6.07, 6.45) is 0. The minimum absolute atomic E-state index is 0.506. The maximum Gasteiger partial charge on any atom is 0.111 e. The van der Waals surface area contributed by atoms with Crippen molar-refractivity contribution in [3.05, 3.63) is 28.7 Å². The van der Waals surface area contributed by atoms with Gasteiger partial charge in [0.05, 0.1) is 6.61 Å². The summed E-state index contributed by atoms with van der Waals surface area (Å²) in [6.45, 7) is 6.44. The van der Waals surface area contributed by atoms with E-state index in [1.54, 1.807) is 13.2 Å². The number of nitroso groups, excluding NO2 is 1. The fourth-order valence-electron chi connectivity index (χ4n) is 1.61. The second-order valence-corrected chi connectivity index (χ2v) is 3.63. The van der Waals surface area contributed by atoms with Gasteiger partial charge in [-0.1, -0.05) is 0 Å². The van der Waals surface area contributed by atoms with Crippen molar-refractivity contribution in [3.63, 3.8) is 0 Å². The molecule has 0 N–H and O–H groups in total. The Hall–Kier alpha value is -1.42. The van der Waals surface area contributed by atoms with E-state index in [1.807, 2.05) is 19.1 Å². The number of methoxy groups -OCH3 is 1. The van der Waals surface area contributed by atoms with Crippen molar-refractivity contribution in [1.82, 2.24) is 0 Å². The third kappa shape index (κ3) is 3.03. The smallest absolute Gasteiger partial charge is 0.111 e. The van der Waals surface area contributed by atoms with Gasteiger partial charge in [-0.15, -0.1) is 4.91 Å². The summed E-state index contributed by atoms with van der Waals surface area (Å²) in [5, 5.41) is 2.97. The van der Waals surface area contributed by atoms with Crippen LogP contribution in [-0.2, 0) is 4.74 Å². The van der Waals surface area contributed by atoms with Gasteiger partial charge in [0, 0.05) is 25.9 Å². The molecule has 0 aliphatic carbocycles. The standard InChI is InChI=1S/C12H18N2O2/c1-4-14(7-8-16-3)11-5-6-12(13-15)10(2)9-11/h5-6,9H,4,7-8H2,1-3H3. The largest absolute Gasteiger partial charge is 0.383 e. The van der Waals surface area contributed by atoms with Crippen molar-refractivity contribution in [2.45, 2.75) is 13.8 Å². The number of hydrogen-bond donors (Lipinski definition) is 0. The molecule has 0 aliphatic heterocycles. The van der Waals surface area contributed by atoms with Gasteiger partial charge in [-0.25, -0.2) is 0 Å². The predicted molar refractivity (Wildman–Crippen MR) is 66.4 cm³/mol. The molecule has 4 nitrogen and oxygen atoms in total. The fraction of sp³-hybridized carbons (Fsp3) is 0.500. The Morgan fingerprint density at radius 3 is 2.69 bits per heavy atom. The Bertz CT molecular complexity index is 353. The van der Waals surface area contributed by atoms with E-state index in [9.17, 15) is 4.91 Å². The van der Waals surface area contributed by atoms with Crippen LogP contribution in [0, 0.1) is 11.8 Å². The van der Waals surface area contributed by atoms with Crippen LogP contribution in [-0.4, -0.2) is 26.8 Å². The average Bonchev–Trinajstić information content (AvgIpc) is 2.30. The zero-order valence-corrected chi connectivity index (χ0v) is 10.1. The van der Waals surface area contributed by atoms with Crippen molar-refractivity contribution in [1.29, 1.82) is 0 Å². The van der Waals surface area contributed by atoms with Gasteiger partial charge in [-0.3, -0.25) is 0 Å². The van der Waals surface area contributed by atoms with Crippen LogP contribution in [0.25, 0.3) is 0 Å². The molecule has 0 aromatic heterocycles. The second kappa shape index (κ2) is 6.23. The zero-order valence-electron chi connectivity index (χ0n) is 10.1. The van der Waals surface area contributed by atoms with E-state index < -0.39 is 0 Å². The highest BCUT2D eigenvalue weighted by molar-refractivity contribution is 5.57. The highest BCUT2D eigenvalue weighted by Crippen LogP contribution is 2.24. The first kappa shape index (κ1) is 12.6. The molecule has 0 amide bonds. The minimum atomic E-state index is 0.506. The van der Waals surface area contributed by atoms with Crippen molar-refractivity contribution in [3.8, 4) is 0 Å². The summed E-state index contributed by atoms with van der Waals surface area (Å²) in [6, 6.07) is 5.66. The maximum absolute atomic E-state index is 10.5. The van der Waals surface area contributed by atoms with E-state index >= 15 is 0 Å². The summed E-state index contributed by atoms with van der Waals surface area (Å²) in [5.41, 5.74) is 2.51. The van der Waals surface area contributed by atoms with Crippen molar-refractivity contribution < 1.29 is 4.74 Å². The molecule has 1 aromatic rings. The first-order valence-electron chi connectivity index (χ1n) is 5.40. The molecule has 0 spiro atoms. The van der Waals surface area contributed by atoms with Gasteiger partial charge < -0.3 is 9.64 Å². The number of likely N-dealkylation sites (N-methyl/N-ethyl adjacent to an activating group) is 1. The van der Waals surface area contributed by atoms with E-state index in [0.29, 0.717) is 12.3 Å². The van der Waals surface area contributed by atoms with Gasteiger partial charge in [0.2, 0.25) is 0 Å². The SMILES string of the molecule is CCN(CCOC)c1ccc(N=O)c(C)c1. The highest BCUT2D eigenvalue weighted by Gasteiger charge is 2.06. The lowest BCUT2D eigenvalue weighted by atomic mass is 10.1. The number of rotatable bonds is 6. The molecule has 0 fully saturated rings. The molecular weight excluding hydrogens is 204 g/mol. The van der Waals surface area contributed by atoms with Crippen LogP contribution in [0.1, 0.15) is 12.5 Å². The lowest BCUT2D eigenvalue weighted by Gasteiger charge is -2.23. The van der Waals surface area contributed by atoms with Crippen molar-refractivity contribution in [2.75, 3.05) is 31.7 Å². The molecule has 0 unspecified atom stereocenters. The summed E-state index contributed by atoms with van der Waals surface area (Å²) in [7, 11) is 1.69. The third-order valence-electron chi connectivity index (χ3n) is 2.59. The summed E-state index contributed by atoms with van der Waals surface area (Å²) in [4.78, 5) is 12.7. The Balaban J connectivity index is 2.84. The van der Waals surface area contributed by atoms with Crippen LogP contribution in [0.15, 0.2) is 23.4 Å². The van der Waals surface area contributed by atoms with E-state index in [-0.39, 0.29) is 0 Å². The fourth-order valence-corrected chi connectivity index (χ4v) is 1.61. The molecule has 16 heavy (non-hydrogen) atoms. The molecule has 0 saturated heterocycles. The van der Waals surface area contributed by atoms with Gasteiger partial charge in [-0.2, -0.15) is 0 Å². The van der Waals surface area contributed by atoms with Crippen LogP contribution in [0.4, 0.5) is 11.4 Å². The molecular formula is C12H18N2O2. The number of hydrogen-bond acceptors (Lipinski definition) is 4. The Morgan fingerprint density at radius 2 is 2.19 bits per heavy atom. The molecule has 0 bridgehead atoms. The number of anilines is 1. The lowest BCUT2D eigenvalue weighted by molar-refractivity contribution is 0.205. The highest BCUT2D eigenvalue weighted by atomic mass is 16.5. The normalized spacial score (nSPS) is 10.2. The number of ether oxygens (including phenoxy) is 1. The number of aryl methyl sites for hydroxylation is 1. The number of nitrogens with zero attached hydrogens (tertiary/aromatic N) is 2. The monoisotopic (exact) mass is 222 g/mol. The first-order valence-corrected chi connectivity index (χ1v) is 5.40. The summed E-state index contributed by atoms with van der Waals surface area (Å²) >= 11 is 0. The van der Waals surface area contributed by atoms with Gasteiger partial charge in [0.1, 0.15) is 5.69 Å². The van der Waals surface area contributed by atoms with E-state index in [2.05, 4.69) is 17.0 Å².